The van der Waals surface area contributed by atoms with Crippen LogP contribution in [-0.2, 0) is 14.8 Å². The molecule has 1 saturated carbocycles. The molecule has 39 heavy (non-hydrogen) atoms. The van der Waals surface area contributed by atoms with Gasteiger partial charge in [0.1, 0.15) is 17.6 Å². The summed E-state index contributed by atoms with van der Waals surface area (Å²) in [4.78, 5) is 18.8. The number of aromatic nitrogens is 2. The van der Waals surface area contributed by atoms with Crippen LogP contribution in [0.5, 0.6) is 0 Å². The molecular weight excluding hydrogens is 542 g/mol. The molecule has 11 nitrogen and oxygen atoms in total. The molecular formula is C26H33N5O6S2. The Bertz CT molecular complexity index is 1450. The second-order valence-electron chi connectivity index (χ2n) is 9.76. The fourth-order valence-electron chi connectivity index (χ4n) is 4.79. The van der Waals surface area contributed by atoms with Gasteiger partial charge in [0.15, 0.2) is 5.76 Å². The van der Waals surface area contributed by atoms with Gasteiger partial charge in [-0.2, -0.15) is 16.8 Å². The number of aliphatic carboxylic acids is 1. The van der Waals surface area contributed by atoms with Gasteiger partial charge >= 0.3 is 5.97 Å². The molecule has 13 heteroatoms. The maximum absolute atomic E-state index is 13.7. The van der Waals surface area contributed by atoms with Gasteiger partial charge in [-0.1, -0.05) is 11.2 Å². The second-order valence-corrected chi connectivity index (χ2v) is 12.4. The van der Waals surface area contributed by atoms with Crippen LogP contribution >= 0.6 is 11.8 Å². The normalized spacial score (nSPS) is 16.0. The quantitative estimate of drug-likeness (QED) is 0.194. The third-order valence-electron chi connectivity index (χ3n) is 6.91. The predicted octanol–water partition coefficient (Wildman–Crippen LogP) is 3.57. The highest BCUT2D eigenvalue weighted by molar-refractivity contribution is 7.98. The minimum Gasteiger partial charge on any atom is -0.480 e. The smallest absolute Gasteiger partial charge is 0.322 e. The molecule has 0 spiro atoms. The molecule has 1 atom stereocenters. The Balaban J connectivity index is 1.72. The van der Waals surface area contributed by atoms with Crippen molar-refractivity contribution in [1.82, 2.24) is 20.0 Å². The van der Waals surface area contributed by atoms with Gasteiger partial charge in [0.2, 0.25) is 0 Å². The summed E-state index contributed by atoms with van der Waals surface area (Å²) in [5.41, 5.74) is 7.65. The highest BCUT2D eigenvalue weighted by atomic mass is 32.2. The molecule has 0 unspecified atom stereocenters. The van der Waals surface area contributed by atoms with Gasteiger partial charge in [-0.15, -0.1) is 4.83 Å². The van der Waals surface area contributed by atoms with Crippen LogP contribution in [0.15, 0.2) is 45.9 Å². The zero-order valence-electron chi connectivity index (χ0n) is 22.0. The van der Waals surface area contributed by atoms with E-state index in [0.29, 0.717) is 46.7 Å². The van der Waals surface area contributed by atoms with E-state index in [1.165, 1.54) is 23.9 Å². The van der Waals surface area contributed by atoms with Crippen molar-refractivity contribution in [3.8, 4) is 22.5 Å². The fraction of sp³-hybridized carbons (Fsp3) is 0.423. The molecule has 3 aromatic rings. The lowest BCUT2D eigenvalue weighted by Crippen LogP contribution is -2.62. The Morgan fingerprint density at radius 2 is 1.95 bits per heavy atom. The van der Waals surface area contributed by atoms with Crippen LogP contribution in [0.4, 0.5) is 5.82 Å². The topological polar surface area (TPSA) is 172 Å². The van der Waals surface area contributed by atoms with Crippen molar-refractivity contribution in [3.05, 3.63) is 47.8 Å². The number of pyridine rings is 1. The minimum atomic E-state index is -4.28. The highest BCUT2D eigenvalue weighted by Gasteiger charge is 2.45. The number of nitrogen functional groups attached to an aromatic ring is 1. The summed E-state index contributed by atoms with van der Waals surface area (Å²) in [6.45, 7) is 3.62. The molecule has 1 aromatic carbocycles. The number of benzene rings is 1. The second kappa shape index (κ2) is 11.6. The van der Waals surface area contributed by atoms with Gasteiger partial charge in [-0.25, -0.2) is 13.4 Å². The number of nitrogens with two attached hydrogens (primary N) is 1. The molecule has 2 heterocycles. The largest absolute Gasteiger partial charge is 0.480 e. The number of carboxylic acids is 1. The summed E-state index contributed by atoms with van der Waals surface area (Å²) in [6.07, 6.45) is 5.39. The van der Waals surface area contributed by atoms with Crippen molar-refractivity contribution >= 4 is 33.6 Å². The molecule has 0 aliphatic heterocycles. The van der Waals surface area contributed by atoms with Crippen molar-refractivity contribution in [1.29, 1.82) is 0 Å². The number of hydrogen-bond donors (Lipinski definition) is 4. The van der Waals surface area contributed by atoms with Crippen molar-refractivity contribution in [2.45, 2.75) is 62.6 Å². The number of carboxylic acid groups (broad SMARTS) is 1. The van der Waals surface area contributed by atoms with Crippen LogP contribution < -0.4 is 10.6 Å². The number of sulfonamides is 1. The van der Waals surface area contributed by atoms with Crippen LogP contribution in [0.2, 0.25) is 0 Å². The fourth-order valence-corrected chi connectivity index (χ4v) is 6.43. The number of carbonyl (C=O) groups is 1. The number of thioether (sulfide) groups is 1. The summed E-state index contributed by atoms with van der Waals surface area (Å²) in [7, 11) is -4.28. The van der Waals surface area contributed by atoms with Gasteiger partial charge < -0.3 is 20.5 Å². The average molecular weight is 576 g/mol. The van der Waals surface area contributed by atoms with Crippen LogP contribution in [0.3, 0.4) is 0 Å². The highest BCUT2D eigenvalue weighted by Crippen LogP contribution is 2.36. The SMILES string of the molecule is CSCC[C@@H](C(=O)O)N(NS(=O)(=O)c1ccc(C)c(-c2cnc(N)c(-c3cc(C)no3)c2)c1)C1(O)CCCC1. The molecule has 0 amide bonds. The summed E-state index contributed by atoms with van der Waals surface area (Å²) >= 11 is 1.45. The van der Waals surface area contributed by atoms with Crippen LogP contribution in [0, 0.1) is 13.8 Å². The van der Waals surface area contributed by atoms with Gasteiger partial charge in [0.25, 0.3) is 10.0 Å². The molecule has 2 aromatic heterocycles. The van der Waals surface area contributed by atoms with Gasteiger partial charge in [-0.05, 0) is 87.3 Å². The van der Waals surface area contributed by atoms with Gasteiger partial charge in [0, 0.05) is 17.8 Å². The van der Waals surface area contributed by atoms with E-state index in [4.69, 9.17) is 10.3 Å². The number of hydrogen-bond acceptors (Lipinski definition) is 10. The standard InChI is InChI=1S/C26H33N5O6S2/c1-16-6-7-19(14-20(16)18-13-21(24(27)28-15-18)23-12-17(2)29-37-23)39(35,36)30-31(26(34)9-4-5-10-26)22(25(32)33)8-11-38-3/h6-7,12-15,22,30,34H,4-5,8-11H2,1-3H3,(H2,27,28)(H,32,33)/t22-/m0/s1. The molecule has 1 aliphatic rings. The zero-order valence-corrected chi connectivity index (χ0v) is 23.7. The first-order chi connectivity index (χ1) is 18.4. The lowest BCUT2D eigenvalue weighted by Gasteiger charge is -2.40. The van der Waals surface area contributed by atoms with Crippen molar-refractivity contribution in [3.63, 3.8) is 0 Å². The van der Waals surface area contributed by atoms with E-state index in [1.54, 1.807) is 31.3 Å². The van der Waals surface area contributed by atoms with Gasteiger partial charge in [0.05, 0.1) is 16.2 Å². The number of anilines is 1. The molecule has 210 valence electrons. The van der Waals surface area contributed by atoms with Crippen molar-refractivity contribution in [2.75, 3.05) is 17.7 Å². The lowest BCUT2D eigenvalue weighted by atomic mass is 10.00. The van der Waals surface area contributed by atoms with Crippen molar-refractivity contribution in [2.24, 2.45) is 0 Å². The summed E-state index contributed by atoms with van der Waals surface area (Å²) < 4.78 is 32.7. The van der Waals surface area contributed by atoms with E-state index in [2.05, 4.69) is 15.0 Å². The molecule has 0 radical (unpaired) electrons. The number of hydrazine groups is 1. The number of rotatable bonds is 11. The molecule has 4 rings (SSSR count). The van der Waals surface area contributed by atoms with E-state index in [1.807, 2.05) is 13.2 Å². The van der Waals surface area contributed by atoms with E-state index in [0.717, 1.165) is 10.6 Å². The third-order valence-corrected chi connectivity index (χ3v) is 8.86. The third kappa shape index (κ3) is 6.28. The Hall–Kier alpha value is -2.97. The number of nitrogens with one attached hydrogen (secondary N) is 1. The minimum absolute atomic E-state index is 0.0856. The molecule has 0 bridgehead atoms. The molecule has 5 N–H and O–H groups in total. The maximum atomic E-state index is 13.7. The Morgan fingerprint density at radius 1 is 1.23 bits per heavy atom. The molecule has 0 saturated heterocycles. The summed E-state index contributed by atoms with van der Waals surface area (Å²) in [5.74, 6) is -0.0482. The van der Waals surface area contributed by atoms with E-state index in [9.17, 15) is 23.4 Å². The molecule has 1 fully saturated rings. The summed E-state index contributed by atoms with van der Waals surface area (Å²) in [5, 5.41) is 26.2. The first-order valence-electron chi connectivity index (χ1n) is 12.5. The Kier molecular flexibility index (Phi) is 8.66. The van der Waals surface area contributed by atoms with E-state index < -0.39 is 27.8 Å². The number of aryl methyl sites for hydroxylation is 2. The van der Waals surface area contributed by atoms with Crippen LogP contribution in [0.1, 0.15) is 43.4 Å². The molecule has 1 aliphatic carbocycles. The zero-order chi connectivity index (χ0) is 28.4. The first-order valence-corrected chi connectivity index (χ1v) is 15.4. The van der Waals surface area contributed by atoms with E-state index >= 15 is 0 Å². The summed E-state index contributed by atoms with van der Waals surface area (Å²) in [6, 6.07) is 6.85. The van der Waals surface area contributed by atoms with E-state index in [-0.39, 0.29) is 30.0 Å². The van der Waals surface area contributed by atoms with Gasteiger partial charge in [-0.3, -0.25) is 4.79 Å². The van der Waals surface area contributed by atoms with Crippen molar-refractivity contribution < 1.29 is 27.9 Å². The average Bonchev–Trinajstić information content (AvgIpc) is 3.53. The number of nitrogens with zero attached hydrogens (tertiary/aromatic N) is 3. The van der Waals surface area contributed by atoms with Crippen LogP contribution in [-0.4, -0.2) is 63.5 Å². The Labute approximate surface area is 231 Å². The number of aliphatic hydroxyl groups is 1. The monoisotopic (exact) mass is 575 g/mol. The maximum Gasteiger partial charge on any atom is 0.322 e. The van der Waals surface area contributed by atoms with Crippen LogP contribution in [0.25, 0.3) is 22.5 Å². The Morgan fingerprint density at radius 3 is 2.56 bits per heavy atom. The first kappa shape index (κ1) is 29.0. The lowest BCUT2D eigenvalue weighted by molar-refractivity contribution is -0.169. The predicted molar refractivity (Wildman–Crippen MR) is 149 cm³/mol.